The second-order valence-electron chi connectivity index (χ2n) is 4.57. The van der Waals surface area contributed by atoms with Crippen LogP contribution in [0.4, 0.5) is 11.6 Å². The third-order valence-corrected chi connectivity index (χ3v) is 3.50. The molecule has 1 rings (SSSR count). The molecule has 0 amide bonds. The lowest BCUT2D eigenvalue weighted by Gasteiger charge is -2.33. The normalized spacial score (nSPS) is 11.0. The minimum atomic E-state index is 0.453. The Morgan fingerprint density at radius 1 is 1.26 bits per heavy atom. The van der Waals surface area contributed by atoms with Crippen molar-refractivity contribution < 1.29 is 4.74 Å². The fourth-order valence-corrected chi connectivity index (χ4v) is 2.38. The average molecular weight is 266 g/mol. The third-order valence-electron chi connectivity index (χ3n) is 3.50. The summed E-state index contributed by atoms with van der Waals surface area (Å²) in [4.78, 5) is 10.9. The number of ether oxygens (including phenoxy) is 1. The highest BCUT2D eigenvalue weighted by atomic mass is 16.5. The van der Waals surface area contributed by atoms with Crippen molar-refractivity contribution >= 4 is 11.6 Å². The van der Waals surface area contributed by atoms with Crippen LogP contribution < -0.4 is 10.6 Å². The predicted octanol–water partition coefficient (Wildman–Crippen LogP) is 2.26. The summed E-state index contributed by atoms with van der Waals surface area (Å²) in [7, 11) is 1.72. The van der Waals surface area contributed by atoms with Crippen LogP contribution in [0.3, 0.4) is 0 Å². The van der Waals surface area contributed by atoms with Crippen LogP contribution in [0.1, 0.15) is 39.2 Å². The fourth-order valence-electron chi connectivity index (χ4n) is 2.38. The van der Waals surface area contributed by atoms with Gasteiger partial charge in [-0.3, -0.25) is 0 Å². The number of nitrogen functional groups attached to an aromatic ring is 1. The Bertz CT molecular complexity index is 380. The minimum absolute atomic E-state index is 0.453. The Morgan fingerprint density at radius 3 is 2.47 bits per heavy atom. The van der Waals surface area contributed by atoms with Crippen molar-refractivity contribution in [1.29, 1.82) is 0 Å². The Labute approximate surface area is 116 Å². The SMILES string of the molecule is CCc1c(N)ncnc1N(CCOC)C(CC)CC. The summed E-state index contributed by atoms with van der Waals surface area (Å²) in [5, 5.41) is 0. The third kappa shape index (κ3) is 3.80. The monoisotopic (exact) mass is 266 g/mol. The molecular weight excluding hydrogens is 240 g/mol. The van der Waals surface area contributed by atoms with E-state index in [1.165, 1.54) is 0 Å². The number of hydrogen-bond donors (Lipinski definition) is 1. The molecule has 0 aromatic carbocycles. The second-order valence-corrected chi connectivity index (χ2v) is 4.57. The first-order valence-electron chi connectivity index (χ1n) is 7.04. The molecule has 19 heavy (non-hydrogen) atoms. The number of hydrogen-bond acceptors (Lipinski definition) is 5. The van der Waals surface area contributed by atoms with Crippen LogP contribution >= 0.6 is 0 Å². The molecule has 0 spiro atoms. The van der Waals surface area contributed by atoms with Crippen LogP contribution in [-0.2, 0) is 11.2 Å². The molecule has 108 valence electrons. The van der Waals surface area contributed by atoms with Crippen LogP contribution in [0.5, 0.6) is 0 Å². The molecule has 0 atom stereocenters. The number of nitrogens with two attached hydrogens (primary N) is 1. The van der Waals surface area contributed by atoms with E-state index in [0.29, 0.717) is 18.5 Å². The molecule has 0 unspecified atom stereocenters. The highest BCUT2D eigenvalue weighted by Crippen LogP contribution is 2.25. The molecule has 1 aromatic rings. The standard InChI is InChI=1S/C14H26N4O/c1-5-11(6-2)18(8-9-19-4)14-12(7-3)13(15)16-10-17-14/h10-11H,5-9H2,1-4H3,(H2,15,16,17). The van der Waals surface area contributed by atoms with Gasteiger partial charge in [-0.05, 0) is 19.3 Å². The van der Waals surface area contributed by atoms with Gasteiger partial charge in [0, 0.05) is 25.3 Å². The van der Waals surface area contributed by atoms with Crippen LogP contribution in [0.25, 0.3) is 0 Å². The van der Waals surface area contributed by atoms with Gasteiger partial charge in [0.15, 0.2) is 0 Å². The molecule has 0 aliphatic heterocycles. The molecule has 0 fully saturated rings. The predicted molar refractivity (Wildman–Crippen MR) is 79.4 cm³/mol. The first-order chi connectivity index (χ1) is 9.19. The summed E-state index contributed by atoms with van der Waals surface area (Å²) in [6, 6.07) is 0.453. The molecule has 0 aliphatic rings. The topological polar surface area (TPSA) is 64.3 Å². The van der Waals surface area contributed by atoms with E-state index in [4.69, 9.17) is 10.5 Å². The first kappa shape index (κ1) is 15.7. The number of anilines is 2. The molecule has 5 nitrogen and oxygen atoms in total. The summed E-state index contributed by atoms with van der Waals surface area (Å²) in [6.07, 6.45) is 4.54. The molecule has 0 bridgehead atoms. The Hall–Kier alpha value is -1.36. The van der Waals surface area contributed by atoms with Crippen molar-refractivity contribution in [2.45, 2.75) is 46.1 Å². The van der Waals surface area contributed by atoms with Crippen molar-refractivity contribution in [3.05, 3.63) is 11.9 Å². The number of aromatic nitrogens is 2. The smallest absolute Gasteiger partial charge is 0.137 e. The summed E-state index contributed by atoms with van der Waals surface area (Å²) >= 11 is 0. The van der Waals surface area contributed by atoms with Crippen LogP contribution in [0.15, 0.2) is 6.33 Å². The van der Waals surface area contributed by atoms with Crippen LogP contribution in [0, 0.1) is 0 Å². The average Bonchev–Trinajstić information content (AvgIpc) is 2.43. The summed E-state index contributed by atoms with van der Waals surface area (Å²) < 4.78 is 5.22. The van der Waals surface area contributed by atoms with E-state index in [1.54, 1.807) is 13.4 Å². The van der Waals surface area contributed by atoms with Gasteiger partial charge in [0.1, 0.15) is 18.0 Å². The maximum Gasteiger partial charge on any atom is 0.137 e. The number of methoxy groups -OCH3 is 1. The lowest BCUT2D eigenvalue weighted by atomic mass is 10.1. The van der Waals surface area contributed by atoms with E-state index >= 15 is 0 Å². The molecule has 0 aliphatic carbocycles. The van der Waals surface area contributed by atoms with Gasteiger partial charge in [0.25, 0.3) is 0 Å². The molecule has 1 heterocycles. The van der Waals surface area contributed by atoms with Crippen molar-refractivity contribution in [3.8, 4) is 0 Å². The van der Waals surface area contributed by atoms with E-state index in [2.05, 4.69) is 35.6 Å². The number of nitrogens with zero attached hydrogens (tertiary/aromatic N) is 3. The first-order valence-corrected chi connectivity index (χ1v) is 7.04. The fraction of sp³-hybridized carbons (Fsp3) is 0.714. The Morgan fingerprint density at radius 2 is 1.95 bits per heavy atom. The van der Waals surface area contributed by atoms with Gasteiger partial charge in [-0.1, -0.05) is 20.8 Å². The zero-order chi connectivity index (χ0) is 14.3. The largest absolute Gasteiger partial charge is 0.383 e. The van der Waals surface area contributed by atoms with Crippen molar-refractivity contribution in [1.82, 2.24) is 9.97 Å². The molecule has 5 heteroatoms. The van der Waals surface area contributed by atoms with Gasteiger partial charge in [0.05, 0.1) is 6.61 Å². The lowest BCUT2D eigenvalue weighted by molar-refractivity contribution is 0.202. The second kappa shape index (κ2) is 7.94. The van der Waals surface area contributed by atoms with Gasteiger partial charge < -0.3 is 15.4 Å². The van der Waals surface area contributed by atoms with Gasteiger partial charge >= 0.3 is 0 Å². The maximum atomic E-state index is 5.97. The lowest BCUT2D eigenvalue weighted by Crippen LogP contribution is -2.38. The van der Waals surface area contributed by atoms with Crippen molar-refractivity contribution in [2.75, 3.05) is 30.9 Å². The van der Waals surface area contributed by atoms with E-state index in [-0.39, 0.29) is 0 Å². The van der Waals surface area contributed by atoms with Gasteiger partial charge in [-0.2, -0.15) is 0 Å². The Balaban J connectivity index is 3.12. The van der Waals surface area contributed by atoms with E-state index < -0.39 is 0 Å². The zero-order valence-electron chi connectivity index (χ0n) is 12.5. The van der Waals surface area contributed by atoms with Crippen molar-refractivity contribution in [3.63, 3.8) is 0 Å². The molecule has 2 N–H and O–H groups in total. The van der Waals surface area contributed by atoms with Gasteiger partial charge in [-0.15, -0.1) is 0 Å². The molecule has 0 saturated heterocycles. The van der Waals surface area contributed by atoms with Gasteiger partial charge in [0.2, 0.25) is 0 Å². The van der Waals surface area contributed by atoms with E-state index in [9.17, 15) is 0 Å². The van der Waals surface area contributed by atoms with Crippen LogP contribution in [-0.4, -0.2) is 36.3 Å². The van der Waals surface area contributed by atoms with Crippen molar-refractivity contribution in [2.24, 2.45) is 0 Å². The number of rotatable bonds is 8. The summed E-state index contributed by atoms with van der Waals surface area (Å²) in [5.74, 6) is 1.54. The van der Waals surface area contributed by atoms with E-state index in [1.807, 2.05) is 0 Å². The molecular formula is C14H26N4O. The van der Waals surface area contributed by atoms with Gasteiger partial charge in [-0.25, -0.2) is 9.97 Å². The zero-order valence-corrected chi connectivity index (χ0v) is 12.5. The van der Waals surface area contributed by atoms with Crippen LogP contribution in [0.2, 0.25) is 0 Å². The molecule has 0 radical (unpaired) electrons. The Kier molecular flexibility index (Phi) is 6.56. The highest BCUT2D eigenvalue weighted by molar-refractivity contribution is 5.57. The molecule has 1 aromatic heterocycles. The highest BCUT2D eigenvalue weighted by Gasteiger charge is 2.20. The minimum Gasteiger partial charge on any atom is -0.383 e. The maximum absolute atomic E-state index is 5.97. The molecule has 0 saturated carbocycles. The summed E-state index contributed by atoms with van der Waals surface area (Å²) in [5.41, 5.74) is 7.01. The van der Waals surface area contributed by atoms with E-state index in [0.717, 1.165) is 37.2 Å². The quantitative estimate of drug-likeness (QED) is 0.782. The summed E-state index contributed by atoms with van der Waals surface area (Å²) in [6.45, 7) is 7.99.